The molecule has 0 aliphatic carbocycles. The van der Waals surface area contributed by atoms with E-state index in [-0.39, 0.29) is 0 Å². The number of anilines is 1. The fourth-order valence-electron chi connectivity index (χ4n) is 1.88. The van der Waals surface area contributed by atoms with Crippen molar-refractivity contribution >= 4 is 39.2 Å². The van der Waals surface area contributed by atoms with E-state index < -0.39 is 0 Å². The first-order valence-electron chi connectivity index (χ1n) is 5.28. The summed E-state index contributed by atoms with van der Waals surface area (Å²) in [5.74, 6) is 0.879. The molecule has 0 unspecified atom stereocenters. The number of nitrogen functional groups attached to an aromatic ring is 1. The van der Waals surface area contributed by atoms with Crippen LogP contribution >= 0.6 is 22.6 Å². The average Bonchev–Trinajstić information content (AvgIpc) is 2.74. The highest BCUT2D eigenvalue weighted by atomic mass is 127. The summed E-state index contributed by atoms with van der Waals surface area (Å²) in [4.78, 5) is 0. The zero-order valence-electron chi connectivity index (χ0n) is 8.98. The minimum atomic E-state index is 0.766. The van der Waals surface area contributed by atoms with Gasteiger partial charge in [-0.15, -0.1) is 0 Å². The highest BCUT2D eigenvalue weighted by Crippen LogP contribution is 2.31. The van der Waals surface area contributed by atoms with Crippen LogP contribution in [0.3, 0.4) is 0 Å². The van der Waals surface area contributed by atoms with Crippen LogP contribution in [0.25, 0.3) is 22.3 Å². The molecule has 3 rings (SSSR count). The molecule has 0 radical (unpaired) electrons. The summed E-state index contributed by atoms with van der Waals surface area (Å²) in [5, 5.41) is 1.05. The van der Waals surface area contributed by atoms with E-state index in [0.717, 1.165) is 31.6 Å². The zero-order valence-corrected chi connectivity index (χ0v) is 11.1. The van der Waals surface area contributed by atoms with Crippen molar-refractivity contribution in [2.45, 2.75) is 0 Å². The number of fused-ring (bicyclic) bond motifs is 1. The second-order valence-electron chi connectivity index (χ2n) is 3.90. The molecular weight excluding hydrogens is 325 g/mol. The molecule has 0 atom stereocenters. The summed E-state index contributed by atoms with van der Waals surface area (Å²) in [6.45, 7) is 0. The van der Waals surface area contributed by atoms with Crippen molar-refractivity contribution in [1.82, 2.24) is 0 Å². The van der Waals surface area contributed by atoms with Gasteiger partial charge in [0, 0.05) is 16.6 Å². The number of hydrogen-bond acceptors (Lipinski definition) is 2. The van der Waals surface area contributed by atoms with Crippen LogP contribution in [0.15, 0.2) is 52.9 Å². The molecule has 1 aromatic heterocycles. The maximum absolute atomic E-state index is 5.88. The molecule has 17 heavy (non-hydrogen) atoms. The molecule has 2 N–H and O–H groups in total. The molecule has 0 aliphatic heterocycles. The van der Waals surface area contributed by atoms with Crippen molar-refractivity contribution in [1.29, 1.82) is 0 Å². The van der Waals surface area contributed by atoms with Gasteiger partial charge in [-0.1, -0.05) is 30.3 Å². The molecule has 0 fully saturated rings. The van der Waals surface area contributed by atoms with Crippen molar-refractivity contribution in [2.24, 2.45) is 0 Å². The van der Waals surface area contributed by atoms with Gasteiger partial charge in [-0.05, 0) is 40.8 Å². The summed E-state index contributed by atoms with van der Waals surface area (Å²) in [7, 11) is 0. The number of halogens is 1. The number of rotatable bonds is 1. The third-order valence-electron chi connectivity index (χ3n) is 2.65. The Kier molecular flexibility index (Phi) is 2.55. The predicted molar refractivity (Wildman–Crippen MR) is 78.8 cm³/mol. The van der Waals surface area contributed by atoms with Crippen molar-refractivity contribution in [3.05, 3.63) is 52.1 Å². The van der Waals surface area contributed by atoms with E-state index in [1.165, 1.54) is 0 Å². The molecule has 0 saturated heterocycles. The number of nitrogens with two attached hydrogens (primary N) is 1. The second-order valence-corrected chi connectivity index (χ2v) is 5.06. The lowest BCUT2D eigenvalue weighted by Crippen LogP contribution is -1.84. The van der Waals surface area contributed by atoms with Crippen LogP contribution in [-0.4, -0.2) is 0 Å². The third-order valence-corrected chi connectivity index (χ3v) is 3.45. The van der Waals surface area contributed by atoms with Crippen molar-refractivity contribution in [3.63, 3.8) is 0 Å². The Balaban J connectivity index is 2.24. The van der Waals surface area contributed by atoms with Crippen LogP contribution in [0.2, 0.25) is 0 Å². The summed E-state index contributed by atoms with van der Waals surface area (Å²) < 4.78 is 6.92. The summed E-state index contributed by atoms with van der Waals surface area (Å²) >= 11 is 2.24. The molecule has 84 valence electrons. The van der Waals surface area contributed by atoms with Gasteiger partial charge in [0.2, 0.25) is 0 Å². The monoisotopic (exact) mass is 335 g/mol. The van der Waals surface area contributed by atoms with E-state index >= 15 is 0 Å². The average molecular weight is 335 g/mol. The highest BCUT2D eigenvalue weighted by molar-refractivity contribution is 14.1. The number of hydrogen-bond donors (Lipinski definition) is 1. The Morgan fingerprint density at radius 3 is 2.53 bits per heavy atom. The van der Waals surface area contributed by atoms with E-state index in [1.807, 2.05) is 48.5 Å². The molecule has 0 bridgehead atoms. The zero-order chi connectivity index (χ0) is 11.8. The van der Waals surface area contributed by atoms with E-state index in [9.17, 15) is 0 Å². The van der Waals surface area contributed by atoms with Gasteiger partial charge in [0.15, 0.2) is 0 Å². The van der Waals surface area contributed by atoms with Gasteiger partial charge in [0.05, 0.1) is 3.57 Å². The molecule has 3 heteroatoms. The van der Waals surface area contributed by atoms with Crippen LogP contribution in [0, 0.1) is 3.57 Å². The lowest BCUT2D eigenvalue weighted by atomic mass is 10.1. The second kappa shape index (κ2) is 4.07. The Morgan fingerprint density at radius 1 is 1.00 bits per heavy atom. The molecule has 3 aromatic rings. The van der Waals surface area contributed by atoms with Gasteiger partial charge in [-0.3, -0.25) is 0 Å². The van der Waals surface area contributed by atoms with Crippen LogP contribution < -0.4 is 5.73 Å². The number of furan rings is 1. The summed E-state index contributed by atoms with van der Waals surface area (Å²) in [6.07, 6.45) is 0. The number of benzene rings is 2. The maximum atomic E-state index is 5.88. The molecule has 2 aromatic carbocycles. The smallest absolute Gasteiger partial charge is 0.148 e. The summed E-state index contributed by atoms with van der Waals surface area (Å²) in [5.41, 5.74) is 8.58. The van der Waals surface area contributed by atoms with Crippen molar-refractivity contribution < 1.29 is 4.42 Å². The fraction of sp³-hybridized carbons (Fsp3) is 0. The minimum absolute atomic E-state index is 0.766. The first kappa shape index (κ1) is 10.7. The maximum Gasteiger partial charge on any atom is 0.148 e. The van der Waals surface area contributed by atoms with E-state index in [0.29, 0.717) is 0 Å². The van der Waals surface area contributed by atoms with Crippen LogP contribution in [0.4, 0.5) is 5.69 Å². The topological polar surface area (TPSA) is 39.2 Å². The predicted octanol–water partition coefficient (Wildman–Crippen LogP) is 4.29. The van der Waals surface area contributed by atoms with Crippen LogP contribution in [0.5, 0.6) is 0 Å². The Bertz CT molecular complexity index is 673. The lowest BCUT2D eigenvalue weighted by molar-refractivity contribution is 0.629. The van der Waals surface area contributed by atoms with Gasteiger partial charge in [-0.2, -0.15) is 0 Å². The van der Waals surface area contributed by atoms with Gasteiger partial charge in [0.25, 0.3) is 0 Å². The minimum Gasteiger partial charge on any atom is -0.455 e. The lowest BCUT2D eigenvalue weighted by Gasteiger charge is -1.96. The largest absolute Gasteiger partial charge is 0.455 e. The molecule has 0 saturated carbocycles. The van der Waals surface area contributed by atoms with Crippen molar-refractivity contribution in [2.75, 3.05) is 5.73 Å². The molecule has 1 heterocycles. The van der Waals surface area contributed by atoms with Crippen LogP contribution in [0.1, 0.15) is 0 Å². The van der Waals surface area contributed by atoms with Crippen LogP contribution in [-0.2, 0) is 0 Å². The standard InChI is InChI=1S/C14H10INO/c15-12-8-11(16)6-10-7-13(17-14(10)12)9-4-2-1-3-5-9/h1-8H,16H2. The first-order valence-corrected chi connectivity index (χ1v) is 6.36. The molecule has 0 amide bonds. The normalized spacial score (nSPS) is 10.9. The Labute approximate surface area is 113 Å². The molecule has 0 aliphatic rings. The Morgan fingerprint density at radius 2 is 1.76 bits per heavy atom. The molecule has 0 spiro atoms. The summed E-state index contributed by atoms with van der Waals surface area (Å²) in [6, 6.07) is 16.0. The Hall–Kier alpha value is -1.49. The van der Waals surface area contributed by atoms with Gasteiger partial charge < -0.3 is 10.2 Å². The van der Waals surface area contributed by atoms with E-state index in [1.54, 1.807) is 0 Å². The van der Waals surface area contributed by atoms with E-state index in [4.69, 9.17) is 10.2 Å². The van der Waals surface area contributed by atoms with Gasteiger partial charge in [-0.25, -0.2) is 0 Å². The van der Waals surface area contributed by atoms with E-state index in [2.05, 4.69) is 22.6 Å². The SMILES string of the molecule is Nc1cc(I)c2oc(-c3ccccc3)cc2c1. The van der Waals surface area contributed by atoms with Gasteiger partial charge >= 0.3 is 0 Å². The fourth-order valence-corrected chi connectivity index (χ4v) is 2.66. The van der Waals surface area contributed by atoms with Gasteiger partial charge in [0.1, 0.15) is 11.3 Å². The molecular formula is C14H10INO. The quantitative estimate of drug-likeness (QED) is 0.532. The highest BCUT2D eigenvalue weighted by Gasteiger charge is 2.09. The first-order chi connectivity index (χ1) is 8.24. The molecule has 2 nitrogen and oxygen atoms in total. The third kappa shape index (κ3) is 1.91. The van der Waals surface area contributed by atoms with Crippen molar-refractivity contribution in [3.8, 4) is 11.3 Å².